The molecule has 112 valence electrons. The van der Waals surface area contributed by atoms with Gasteiger partial charge in [0.05, 0.1) is 5.56 Å². The summed E-state index contributed by atoms with van der Waals surface area (Å²) >= 11 is 0. The molecule has 0 aliphatic rings. The van der Waals surface area contributed by atoms with Crippen LogP contribution < -0.4 is 0 Å². The molecule has 3 rings (SSSR count). The van der Waals surface area contributed by atoms with Gasteiger partial charge in [-0.25, -0.2) is 4.39 Å². The molecule has 0 saturated carbocycles. The van der Waals surface area contributed by atoms with Crippen molar-refractivity contribution in [3.63, 3.8) is 0 Å². The Bertz CT molecular complexity index is 864. The molecule has 1 N–H and O–H groups in total. The molecule has 1 aromatic heterocycles. The van der Waals surface area contributed by atoms with E-state index in [4.69, 9.17) is 0 Å². The van der Waals surface area contributed by atoms with Gasteiger partial charge in [-0.1, -0.05) is 18.2 Å². The number of aromatic nitrogens is 1. The molecule has 0 radical (unpaired) electrons. The van der Waals surface area contributed by atoms with Gasteiger partial charge in [-0.15, -0.1) is 0 Å². The average Bonchev–Trinajstić information content (AvgIpc) is 2.91. The summed E-state index contributed by atoms with van der Waals surface area (Å²) in [7, 11) is 0. The van der Waals surface area contributed by atoms with E-state index in [1.54, 1.807) is 0 Å². The third-order valence-electron chi connectivity index (χ3n) is 3.46. The first-order chi connectivity index (χ1) is 10.4. The zero-order valence-corrected chi connectivity index (χ0v) is 11.0. The van der Waals surface area contributed by atoms with Crippen molar-refractivity contribution in [3.8, 4) is 11.1 Å². The molecule has 3 aromatic rings. The van der Waals surface area contributed by atoms with Gasteiger partial charge in [0.15, 0.2) is 6.29 Å². The molecule has 0 spiro atoms. The van der Waals surface area contributed by atoms with Crippen LogP contribution in [0.4, 0.5) is 17.6 Å². The van der Waals surface area contributed by atoms with Crippen LogP contribution in [0.25, 0.3) is 22.0 Å². The predicted molar refractivity (Wildman–Crippen MR) is 74.1 cm³/mol. The van der Waals surface area contributed by atoms with Crippen LogP contribution in [-0.4, -0.2) is 11.3 Å². The molecular weight excluding hydrogens is 298 g/mol. The fourth-order valence-corrected chi connectivity index (χ4v) is 2.47. The van der Waals surface area contributed by atoms with Crippen LogP contribution in [0.15, 0.2) is 42.6 Å². The molecule has 0 aliphatic carbocycles. The van der Waals surface area contributed by atoms with Crippen molar-refractivity contribution in [3.05, 3.63) is 59.5 Å². The predicted octanol–water partition coefficient (Wildman–Crippen LogP) is 4.81. The first-order valence-corrected chi connectivity index (χ1v) is 6.35. The van der Waals surface area contributed by atoms with E-state index in [1.807, 2.05) is 0 Å². The Kier molecular flexibility index (Phi) is 3.24. The quantitative estimate of drug-likeness (QED) is 0.535. The SMILES string of the molecule is O=Cc1c[nH]c2ccc(-c3ccccc3C(F)(F)F)c(F)c12. The largest absolute Gasteiger partial charge is 0.417 e. The highest BCUT2D eigenvalue weighted by Gasteiger charge is 2.34. The lowest BCUT2D eigenvalue weighted by Crippen LogP contribution is -2.07. The van der Waals surface area contributed by atoms with Gasteiger partial charge in [-0.3, -0.25) is 4.79 Å². The summed E-state index contributed by atoms with van der Waals surface area (Å²) in [6, 6.07) is 7.49. The van der Waals surface area contributed by atoms with Crippen LogP contribution >= 0.6 is 0 Å². The van der Waals surface area contributed by atoms with Crippen LogP contribution in [0, 0.1) is 5.82 Å². The maximum atomic E-state index is 14.7. The Morgan fingerprint density at radius 3 is 2.41 bits per heavy atom. The van der Waals surface area contributed by atoms with E-state index in [-0.39, 0.29) is 22.1 Å². The first-order valence-electron chi connectivity index (χ1n) is 6.35. The number of benzene rings is 2. The van der Waals surface area contributed by atoms with Crippen LogP contribution in [0.3, 0.4) is 0 Å². The van der Waals surface area contributed by atoms with Gasteiger partial charge >= 0.3 is 6.18 Å². The second-order valence-corrected chi connectivity index (χ2v) is 4.75. The molecule has 2 aromatic carbocycles. The Morgan fingerprint density at radius 2 is 1.73 bits per heavy atom. The molecule has 0 saturated heterocycles. The number of halogens is 4. The number of H-pyrrole nitrogens is 1. The number of nitrogens with one attached hydrogen (secondary N) is 1. The van der Waals surface area contributed by atoms with Crippen LogP contribution in [0.2, 0.25) is 0 Å². The minimum absolute atomic E-state index is 0.00974. The Hall–Kier alpha value is -2.63. The molecule has 1 heterocycles. The van der Waals surface area contributed by atoms with Gasteiger partial charge < -0.3 is 4.98 Å². The number of rotatable bonds is 2. The molecule has 2 nitrogen and oxygen atoms in total. The molecule has 0 amide bonds. The van der Waals surface area contributed by atoms with Crippen molar-refractivity contribution < 1.29 is 22.4 Å². The van der Waals surface area contributed by atoms with Crippen molar-refractivity contribution >= 4 is 17.2 Å². The summed E-state index contributed by atoms with van der Waals surface area (Å²) in [4.78, 5) is 13.7. The lowest BCUT2D eigenvalue weighted by atomic mass is 9.97. The third-order valence-corrected chi connectivity index (χ3v) is 3.46. The van der Waals surface area contributed by atoms with Gasteiger partial charge in [-0.05, 0) is 23.8 Å². The topological polar surface area (TPSA) is 32.9 Å². The number of alkyl halides is 3. The van der Waals surface area contributed by atoms with Crippen molar-refractivity contribution in [1.29, 1.82) is 0 Å². The molecule has 0 bridgehead atoms. The highest BCUT2D eigenvalue weighted by atomic mass is 19.4. The molecule has 0 unspecified atom stereocenters. The molecular formula is C16H9F4NO. The van der Waals surface area contributed by atoms with Crippen LogP contribution in [0.1, 0.15) is 15.9 Å². The second-order valence-electron chi connectivity index (χ2n) is 4.75. The standard InChI is InChI=1S/C16H9F4NO/c17-15-11(5-6-13-14(15)9(8-22)7-21-13)10-3-1-2-4-12(10)16(18,19)20/h1-8,21H. The molecule has 0 fully saturated rings. The van der Waals surface area contributed by atoms with Gasteiger partial charge in [0.25, 0.3) is 0 Å². The number of hydrogen-bond acceptors (Lipinski definition) is 1. The lowest BCUT2D eigenvalue weighted by Gasteiger charge is -2.13. The highest BCUT2D eigenvalue weighted by molar-refractivity contribution is 5.99. The smallest absolute Gasteiger partial charge is 0.360 e. The van der Waals surface area contributed by atoms with Crippen molar-refractivity contribution in [2.75, 3.05) is 0 Å². The van der Waals surface area contributed by atoms with Crippen molar-refractivity contribution in [2.24, 2.45) is 0 Å². The van der Waals surface area contributed by atoms with E-state index >= 15 is 0 Å². The van der Waals surface area contributed by atoms with Gasteiger partial charge in [0.2, 0.25) is 0 Å². The fourth-order valence-electron chi connectivity index (χ4n) is 2.47. The van der Waals surface area contributed by atoms with E-state index in [9.17, 15) is 22.4 Å². The van der Waals surface area contributed by atoms with E-state index in [1.165, 1.54) is 36.5 Å². The summed E-state index contributed by atoms with van der Waals surface area (Å²) in [6.45, 7) is 0. The van der Waals surface area contributed by atoms with Gasteiger partial charge in [0, 0.05) is 28.2 Å². The monoisotopic (exact) mass is 307 g/mol. The molecule has 0 aliphatic heterocycles. The van der Waals surface area contributed by atoms with E-state index in [0.29, 0.717) is 11.8 Å². The number of aromatic amines is 1. The normalized spacial score (nSPS) is 11.8. The molecule has 6 heteroatoms. The summed E-state index contributed by atoms with van der Waals surface area (Å²) in [6.07, 6.45) is -2.81. The summed E-state index contributed by atoms with van der Waals surface area (Å²) in [5, 5.41) is -0.00974. The van der Waals surface area contributed by atoms with E-state index in [0.717, 1.165) is 6.07 Å². The Morgan fingerprint density at radius 1 is 1.00 bits per heavy atom. The van der Waals surface area contributed by atoms with Gasteiger partial charge in [-0.2, -0.15) is 13.2 Å². The van der Waals surface area contributed by atoms with Crippen molar-refractivity contribution in [2.45, 2.75) is 6.18 Å². The lowest BCUT2D eigenvalue weighted by molar-refractivity contribution is -0.137. The van der Waals surface area contributed by atoms with Gasteiger partial charge in [0.1, 0.15) is 5.82 Å². The minimum Gasteiger partial charge on any atom is -0.360 e. The number of carbonyl (C=O) groups is 1. The Balaban J connectivity index is 2.32. The Labute approximate surface area is 122 Å². The van der Waals surface area contributed by atoms with Crippen LogP contribution in [0.5, 0.6) is 0 Å². The maximum absolute atomic E-state index is 14.7. The summed E-state index contributed by atoms with van der Waals surface area (Å²) < 4.78 is 53.9. The van der Waals surface area contributed by atoms with E-state index in [2.05, 4.69) is 4.98 Å². The number of carbonyl (C=O) groups excluding carboxylic acids is 1. The summed E-state index contributed by atoms with van der Waals surface area (Å²) in [5.41, 5.74) is -0.946. The maximum Gasteiger partial charge on any atom is 0.417 e. The second kappa shape index (κ2) is 4.98. The minimum atomic E-state index is -4.59. The number of aldehydes is 1. The first kappa shape index (κ1) is 14.3. The number of hydrogen-bond donors (Lipinski definition) is 1. The summed E-state index contributed by atoms with van der Waals surface area (Å²) in [5.74, 6) is -0.849. The van der Waals surface area contributed by atoms with Crippen LogP contribution in [-0.2, 0) is 6.18 Å². The number of fused-ring (bicyclic) bond motifs is 1. The zero-order chi connectivity index (χ0) is 15.9. The zero-order valence-electron chi connectivity index (χ0n) is 11.0. The highest BCUT2D eigenvalue weighted by Crippen LogP contribution is 2.39. The fraction of sp³-hybridized carbons (Fsp3) is 0.0625. The average molecular weight is 307 g/mol. The molecule has 0 atom stereocenters. The molecule has 22 heavy (non-hydrogen) atoms. The van der Waals surface area contributed by atoms with E-state index < -0.39 is 17.6 Å². The van der Waals surface area contributed by atoms with Crippen molar-refractivity contribution in [1.82, 2.24) is 4.98 Å². The third kappa shape index (κ3) is 2.16.